The third-order valence-corrected chi connectivity index (χ3v) is 5.08. The molecule has 1 atom stereocenters. The van der Waals surface area contributed by atoms with E-state index in [0.717, 1.165) is 16.8 Å². The number of anilines is 1. The third kappa shape index (κ3) is 4.59. The monoisotopic (exact) mass is 412 g/mol. The number of rotatable bonds is 7. The van der Waals surface area contributed by atoms with E-state index in [-0.39, 0.29) is 11.8 Å². The molecule has 1 aliphatic rings. The Hall–Kier alpha value is -3.42. The van der Waals surface area contributed by atoms with Crippen molar-refractivity contribution in [1.82, 2.24) is 10.6 Å². The van der Waals surface area contributed by atoms with Crippen molar-refractivity contribution >= 4 is 17.6 Å². The molecule has 3 rings (SSSR count). The maximum Gasteiger partial charge on any atom is 0.225 e. The van der Waals surface area contributed by atoms with Crippen LogP contribution in [-0.4, -0.2) is 46.8 Å². The lowest BCUT2D eigenvalue weighted by Gasteiger charge is -2.26. The first-order chi connectivity index (χ1) is 14.6. The number of carbonyl (C=O) groups excluding carboxylic acids is 1. The van der Waals surface area contributed by atoms with Crippen molar-refractivity contribution in [3.05, 3.63) is 47.5 Å². The summed E-state index contributed by atoms with van der Waals surface area (Å²) in [4.78, 5) is 16.3. The molecule has 3 N–H and O–H groups in total. The second-order valence-corrected chi connectivity index (χ2v) is 6.84. The van der Waals surface area contributed by atoms with Gasteiger partial charge in [-0.2, -0.15) is 0 Å². The lowest BCUT2D eigenvalue weighted by atomic mass is 9.90. The molecular weight excluding hydrogens is 384 g/mol. The number of methoxy groups -OCH3 is 3. The largest absolute Gasteiger partial charge is 0.493 e. The van der Waals surface area contributed by atoms with Gasteiger partial charge in [0.25, 0.3) is 0 Å². The second-order valence-electron chi connectivity index (χ2n) is 6.84. The minimum absolute atomic E-state index is 0.0264. The molecule has 0 saturated heterocycles. The molecule has 1 aliphatic heterocycles. The number of fused-ring (bicyclic) bond motifs is 1. The van der Waals surface area contributed by atoms with Crippen LogP contribution in [0.3, 0.4) is 0 Å². The Morgan fingerprint density at radius 3 is 2.53 bits per heavy atom. The quantitative estimate of drug-likeness (QED) is 0.478. The topological polar surface area (TPSA) is 93.2 Å². The minimum atomic E-state index is 0.0264. The van der Waals surface area contributed by atoms with Gasteiger partial charge in [0, 0.05) is 43.7 Å². The van der Waals surface area contributed by atoms with E-state index in [1.165, 1.54) is 0 Å². The summed E-state index contributed by atoms with van der Waals surface area (Å²) in [6.45, 7) is 1.07. The van der Waals surface area contributed by atoms with E-state index in [1.54, 1.807) is 28.4 Å². The fourth-order valence-corrected chi connectivity index (χ4v) is 3.61. The Kier molecular flexibility index (Phi) is 7.00. The summed E-state index contributed by atoms with van der Waals surface area (Å²) in [6, 6.07) is 11.6. The molecule has 8 nitrogen and oxygen atoms in total. The van der Waals surface area contributed by atoms with Crippen LogP contribution in [0.4, 0.5) is 5.69 Å². The fraction of sp³-hybridized carbons (Fsp3) is 0.364. The molecule has 0 aliphatic carbocycles. The SMILES string of the molecule is CN=C(NCc1ccc(OC)c(OC)c1OC)NCC1CC(=O)Nc2ccccc21. The third-order valence-electron chi connectivity index (χ3n) is 5.08. The lowest BCUT2D eigenvalue weighted by molar-refractivity contribution is -0.116. The summed E-state index contributed by atoms with van der Waals surface area (Å²) in [5.74, 6) is 2.50. The predicted molar refractivity (Wildman–Crippen MR) is 117 cm³/mol. The van der Waals surface area contributed by atoms with E-state index >= 15 is 0 Å². The number of carbonyl (C=O) groups is 1. The highest BCUT2D eigenvalue weighted by Gasteiger charge is 2.24. The Balaban J connectivity index is 1.66. The van der Waals surface area contributed by atoms with Gasteiger partial charge in [-0.25, -0.2) is 0 Å². The summed E-state index contributed by atoms with van der Waals surface area (Å²) >= 11 is 0. The molecule has 0 bridgehead atoms. The van der Waals surface area contributed by atoms with Gasteiger partial charge in [-0.3, -0.25) is 9.79 Å². The van der Waals surface area contributed by atoms with Crippen molar-refractivity contribution in [3.8, 4) is 17.2 Å². The van der Waals surface area contributed by atoms with Crippen LogP contribution in [0.5, 0.6) is 17.2 Å². The van der Waals surface area contributed by atoms with Crippen LogP contribution in [-0.2, 0) is 11.3 Å². The van der Waals surface area contributed by atoms with Crippen molar-refractivity contribution in [2.45, 2.75) is 18.9 Å². The number of amides is 1. The molecule has 1 heterocycles. The van der Waals surface area contributed by atoms with E-state index < -0.39 is 0 Å². The normalized spacial score (nSPS) is 15.7. The Morgan fingerprint density at radius 2 is 1.83 bits per heavy atom. The Bertz CT molecular complexity index is 929. The zero-order valence-electron chi connectivity index (χ0n) is 17.7. The number of nitrogens with zero attached hydrogens (tertiary/aromatic N) is 1. The highest BCUT2D eigenvalue weighted by molar-refractivity contribution is 5.94. The van der Waals surface area contributed by atoms with Crippen molar-refractivity contribution in [1.29, 1.82) is 0 Å². The van der Waals surface area contributed by atoms with E-state index in [4.69, 9.17) is 14.2 Å². The fourth-order valence-electron chi connectivity index (χ4n) is 3.61. The first-order valence-corrected chi connectivity index (χ1v) is 9.72. The van der Waals surface area contributed by atoms with Gasteiger partial charge in [0.1, 0.15) is 0 Å². The Morgan fingerprint density at radius 1 is 1.07 bits per heavy atom. The van der Waals surface area contributed by atoms with Crippen molar-refractivity contribution in [2.24, 2.45) is 4.99 Å². The predicted octanol–water partition coefficient (Wildman–Crippen LogP) is 2.50. The molecule has 0 radical (unpaired) electrons. The smallest absolute Gasteiger partial charge is 0.225 e. The summed E-state index contributed by atoms with van der Waals surface area (Å²) in [5.41, 5.74) is 2.90. The van der Waals surface area contributed by atoms with E-state index in [2.05, 4.69) is 20.9 Å². The molecule has 30 heavy (non-hydrogen) atoms. The van der Waals surface area contributed by atoms with Gasteiger partial charge in [0.05, 0.1) is 21.3 Å². The maximum absolute atomic E-state index is 12.0. The summed E-state index contributed by atoms with van der Waals surface area (Å²) < 4.78 is 16.3. The molecular formula is C22H28N4O4. The average Bonchev–Trinajstić information content (AvgIpc) is 2.78. The number of hydrogen-bond donors (Lipinski definition) is 3. The van der Waals surface area contributed by atoms with Crippen LogP contribution in [0.15, 0.2) is 41.4 Å². The molecule has 0 aromatic heterocycles. The number of guanidine groups is 1. The summed E-state index contributed by atoms with van der Waals surface area (Å²) in [5, 5.41) is 9.53. The van der Waals surface area contributed by atoms with Crippen LogP contribution in [0.1, 0.15) is 23.5 Å². The number of nitrogens with one attached hydrogen (secondary N) is 3. The van der Waals surface area contributed by atoms with Gasteiger partial charge in [-0.05, 0) is 23.8 Å². The minimum Gasteiger partial charge on any atom is -0.493 e. The van der Waals surface area contributed by atoms with Gasteiger partial charge in [-0.15, -0.1) is 0 Å². The Labute approximate surface area is 176 Å². The maximum atomic E-state index is 12.0. The van der Waals surface area contributed by atoms with E-state index in [9.17, 15) is 4.79 Å². The number of para-hydroxylation sites is 1. The molecule has 0 saturated carbocycles. The van der Waals surface area contributed by atoms with Gasteiger partial charge in [-0.1, -0.05) is 18.2 Å². The van der Waals surface area contributed by atoms with Crippen molar-refractivity contribution in [2.75, 3.05) is 40.2 Å². The number of aliphatic imine (C=N–C) groups is 1. The van der Waals surface area contributed by atoms with Crippen LogP contribution in [0, 0.1) is 0 Å². The van der Waals surface area contributed by atoms with Gasteiger partial charge in [0.2, 0.25) is 11.7 Å². The molecule has 0 spiro atoms. The molecule has 2 aromatic rings. The molecule has 1 amide bonds. The van der Waals surface area contributed by atoms with Crippen molar-refractivity contribution in [3.63, 3.8) is 0 Å². The summed E-state index contributed by atoms with van der Waals surface area (Å²) in [6.07, 6.45) is 0.435. The standard InChI is InChI=1S/C22H28N4O4/c1-23-22(24-12-14-9-10-18(28-2)21(30-4)20(14)29-3)25-13-15-11-19(27)26-17-8-6-5-7-16(15)17/h5-10,15H,11-13H2,1-4H3,(H,26,27)(H2,23,24,25). The van der Waals surface area contributed by atoms with Gasteiger partial charge in [0.15, 0.2) is 17.5 Å². The zero-order chi connectivity index (χ0) is 21.5. The molecule has 2 aromatic carbocycles. The molecule has 1 unspecified atom stereocenters. The number of hydrogen-bond acceptors (Lipinski definition) is 5. The van der Waals surface area contributed by atoms with Crippen LogP contribution < -0.4 is 30.2 Å². The van der Waals surface area contributed by atoms with Crippen LogP contribution in [0.25, 0.3) is 0 Å². The first-order valence-electron chi connectivity index (χ1n) is 9.72. The van der Waals surface area contributed by atoms with E-state index in [0.29, 0.717) is 42.7 Å². The molecule has 8 heteroatoms. The summed E-state index contributed by atoms with van der Waals surface area (Å²) in [7, 11) is 6.48. The number of benzene rings is 2. The first kappa shape index (κ1) is 21.3. The van der Waals surface area contributed by atoms with Gasteiger partial charge >= 0.3 is 0 Å². The number of ether oxygens (including phenoxy) is 3. The van der Waals surface area contributed by atoms with Gasteiger partial charge < -0.3 is 30.2 Å². The molecule has 0 fully saturated rings. The molecule has 160 valence electrons. The highest BCUT2D eigenvalue weighted by Crippen LogP contribution is 2.39. The zero-order valence-corrected chi connectivity index (χ0v) is 17.7. The lowest BCUT2D eigenvalue weighted by Crippen LogP contribution is -2.40. The van der Waals surface area contributed by atoms with Crippen LogP contribution in [0.2, 0.25) is 0 Å². The average molecular weight is 412 g/mol. The highest BCUT2D eigenvalue weighted by atomic mass is 16.5. The van der Waals surface area contributed by atoms with Crippen LogP contribution >= 0.6 is 0 Å². The second kappa shape index (κ2) is 9.87. The van der Waals surface area contributed by atoms with Crippen molar-refractivity contribution < 1.29 is 19.0 Å². The van der Waals surface area contributed by atoms with E-state index in [1.807, 2.05) is 36.4 Å².